The summed E-state index contributed by atoms with van der Waals surface area (Å²) in [7, 11) is 0. The molecule has 2 rings (SSSR count). The molecule has 2 aliphatic rings. The van der Waals surface area contributed by atoms with E-state index in [0.29, 0.717) is 30.3 Å². The molecule has 2 aliphatic carbocycles. The van der Waals surface area contributed by atoms with Crippen LogP contribution in [0.2, 0.25) is 0 Å². The van der Waals surface area contributed by atoms with Gasteiger partial charge in [0.1, 0.15) is 0 Å². The molecule has 80 valence electrons. The lowest BCUT2D eigenvalue weighted by molar-refractivity contribution is 0.169. The van der Waals surface area contributed by atoms with E-state index in [2.05, 4.69) is 0 Å². The second kappa shape index (κ2) is 3.97. The van der Waals surface area contributed by atoms with E-state index in [0.717, 1.165) is 0 Å². The molecule has 0 saturated heterocycles. The van der Waals surface area contributed by atoms with Crippen LogP contribution in [0.15, 0.2) is 0 Å². The van der Waals surface area contributed by atoms with E-state index in [-0.39, 0.29) is 6.03 Å². The molecule has 4 heteroatoms. The summed E-state index contributed by atoms with van der Waals surface area (Å²) in [4.78, 5) is 13.1. The van der Waals surface area contributed by atoms with Crippen LogP contribution in [0, 0.1) is 11.8 Å². The summed E-state index contributed by atoms with van der Waals surface area (Å²) in [6.07, 6.45) is 5.03. The van der Waals surface area contributed by atoms with Crippen molar-refractivity contribution in [3.05, 3.63) is 0 Å². The molecule has 3 nitrogen and oxygen atoms in total. The van der Waals surface area contributed by atoms with Crippen LogP contribution in [0.5, 0.6) is 0 Å². The average molecular weight is 217 g/mol. The minimum Gasteiger partial charge on any atom is -0.351 e. The number of urea groups is 1. The van der Waals surface area contributed by atoms with Gasteiger partial charge in [0.25, 0.3) is 0 Å². The molecule has 14 heavy (non-hydrogen) atoms. The molecule has 0 atom stereocenters. The van der Waals surface area contributed by atoms with Crippen LogP contribution in [0.4, 0.5) is 4.79 Å². The van der Waals surface area contributed by atoms with Crippen molar-refractivity contribution in [2.75, 3.05) is 12.4 Å². The lowest BCUT2D eigenvalue weighted by Gasteiger charge is -2.30. The normalized spacial score (nSPS) is 21.3. The zero-order valence-corrected chi connectivity index (χ0v) is 9.04. The van der Waals surface area contributed by atoms with Crippen LogP contribution >= 0.6 is 11.6 Å². The highest BCUT2D eigenvalue weighted by Gasteiger charge is 2.45. The molecule has 0 aromatic carbocycles. The van der Waals surface area contributed by atoms with Crippen molar-refractivity contribution in [3.8, 4) is 0 Å². The van der Waals surface area contributed by atoms with Crippen LogP contribution < -0.4 is 5.73 Å². The van der Waals surface area contributed by atoms with Crippen molar-refractivity contribution in [3.63, 3.8) is 0 Å². The number of carbonyl (C=O) groups is 1. The van der Waals surface area contributed by atoms with Crippen molar-refractivity contribution in [1.29, 1.82) is 0 Å². The molecule has 0 radical (unpaired) electrons. The largest absolute Gasteiger partial charge is 0.351 e. The second-order valence-electron chi connectivity index (χ2n) is 4.39. The molecule has 2 fully saturated rings. The van der Waals surface area contributed by atoms with Gasteiger partial charge in [0, 0.05) is 18.5 Å². The van der Waals surface area contributed by atoms with Crippen LogP contribution in [-0.4, -0.2) is 29.4 Å². The van der Waals surface area contributed by atoms with E-state index < -0.39 is 0 Å². The van der Waals surface area contributed by atoms with Gasteiger partial charge in [0.15, 0.2) is 0 Å². The summed E-state index contributed by atoms with van der Waals surface area (Å²) in [6.45, 7) is 0.606. The minimum atomic E-state index is -0.297. The Bertz CT molecular complexity index is 214. The van der Waals surface area contributed by atoms with Crippen LogP contribution in [0.25, 0.3) is 0 Å². The van der Waals surface area contributed by atoms with Crippen molar-refractivity contribution in [2.45, 2.75) is 31.7 Å². The molecular weight excluding hydrogens is 200 g/mol. The van der Waals surface area contributed by atoms with Gasteiger partial charge in [0.05, 0.1) is 0 Å². The average Bonchev–Trinajstić information content (AvgIpc) is 2.99. The summed E-state index contributed by atoms with van der Waals surface area (Å²) in [5, 5.41) is 0. The fourth-order valence-corrected chi connectivity index (χ4v) is 2.45. The first-order valence-corrected chi connectivity index (χ1v) is 5.89. The van der Waals surface area contributed by atoms with Gasteiger partial charge in [0.2, 0.25) is 0 Å². The van der Waals surface area contributed by atoms with Gasteiger partial charge in [-0.25, -0.2) is 4.79 Å². The van der Waals surface area contributed by atoms with E-state index in [4.69, 9.17) is 17.3 Å². The Morgan fingerprint density at radius 2 is 1.86 bits per heavy atom. The van der Waals surface area contributed by atoms with Gasteiger partial charge in [-0.2, -0.15) is 0 Å². The zero-order chi connectivity index (χ0) is 10.1. The third-order valence-electron chi connectivity index (χ3n) is 3.18. The molecule has 0 heterocycles. The zero-order valence-electron chi connectivity index (χ0n) is 8.29. The molecule has 0 aromatic rings. The van der Waals surface area contributed by atoms with Crippen LogP contribution in [0.3, 0.4) is 0 Å². The molecule has 0 unspecified atom stereocenters. The number of halogens is 1. The quantitative estimate of drug-likeness (QED) is 0.700. The Morgan fingerprint density at radius 1 is 1.36 bits per heavy atom. The molecule has 0 bridgehead atoms. The van der Waals surface area contributed by atoms with Crippen molar-refractivity contribution >= 4 is 17.6 Å². The number of hydrogen-bond donors (Lipinski definition) is 1. The Morgan fingerprint density at radius 3 is 2.14 bits per heavy atom. The molecule has 0 aromatic heterocycles. The maximum Gasteiger partial charge on any atom is 0.315 e. The van der Waals surface area contributed by atoms with Crippen molar-refractivity contribution < 1.29 is 4.79 Å². The minimum absolute atomic E-state index is 0.297. The Hall–Kier alpha value is -0.440. The van der Waals surface area contributed by atoms with Crippen molar-refractivity contribution in [1.82, 2.24) is 4.90 Å². The number of alkyl halides is 1. The lowest BCUT2D eigenvalue weighted by atomic mass is 10.1. The molecule has 0 spiro atoms. The number of rotatable bonds is 5. The Kier molecular flexibility index (Phi) is 2.86. The van der Waals surface area contributed by atoms with E-state index >= 15 is 0 Å². The van der Waals surface area contributed by atoms with E-state index in [9.17, 15) is 4.79 Å². The highest BCUT2D eigenvalue weighted by Crippen LogP contribution is 2.47. The number of carbonyl (C=O) groups excluding carboxylic acids is 1. The third-order valence-corrected chi connectivity index (χ3v) is 3.35. The first-order chi connectivity index (χ1) is 6.74. The van der Waals surface area contributed by atoms with Crippen LogP contribution in [0.1, 0.15) is 25.7 Å². The van der Waals surface area contributed by atoms with Gasteiger partial charge in [-0.3, -0.25) is 0 Å². The molecule has 2 saturated carbocycles. The van der Waals surface area contributed by atoms with Gasteiger partial charge in [-0.1, -0.05) is 0 Å². The number of hydrogen-bond acceptors (Lipinski definition) is 1. The Balaban J connectivity index is 2.00. The fourth-order valence-electron chi connectivity index (χ4n) is 2.27. The first kappa shape index (κ1) is 10.1. The topological polar surface area (TPSA) is 46.3 Å². The van der Waals surface area contributed by atoms with Gasteiger partial charge in [-0.05, 0) is 37.5 Å². The molecular formula is C10H17ClN2O. The van der Waals surface area contributed by atoms with Crippen molar-refractivity contribution in [2.24, 2.45) is 17.6 Å². The highest BCUT2D eigenvalue weighted by atomic mass is 35.5. The first-order valence-electron chi connectivity index (χ1n) is 5.36. The third kappa shape index (κ3) is 2.14. The maximum atomic E-state index is 11.3. The summed E-state index contributed by atoms with van der Waals surface area (Å²) >= 11 is 5.69. The smallest absolute Gasteiger partial charge is 0.315 e. The van der Waals surface area contributed by atoms with E-state index in [1.165, 1.54) is 25.7 Å². The van der Waals surface area contributed by atoms with Gasteiger partial charge in [-0.15, -0.1) is 11.6 Å². The predicted molar refractivity (Wildman–Crippen MR) is 56.2 cm³/mol. The summed E-state index contributed by atoms with van der Waals surface area (Å²) in [5.74, 6) is 1.90. The van der Waals surface area contributed by atoms with E-state index in [1.807, 2.05) is 0 Å². The summed E-state index contributed by atoms with van der Waals surface area (Å²) in [5.41, 5.74) is 5.38. The van der Waals surface area contributed by atoms with Gasteiger partial charge < -0.3 is 10.6 Å². The monoisotopic (exact) mass is 216 g/mol. The maximum absolute atomic E-state index is 11.3. The Labute approximate surface area is 89.6 Å². The van der Waals surface area contributed by atoms with E-state index in [1.54, 1.807) is 4.90 Å². The molecule has 2 amide bonds. The fraction of sp³-hybridized carbons (Fsp3) is 0.900. The van der Waals surface area contributed by atoms with Gasteiger partial charge >= 0.3 is 6.03 Å². The molecule has 2 N–H and O–H groups in total. The summed E-state index contributed by atoms with van der Waals surface area (Å²) in [6, 6.07) is 0.0979. The standard InChI is InChI=1S/C10H17ClN2O/c11-5-6-13(10(12)14)9(7-1-2-7)8-3-4-8/h7-9H,1-6H2,(H2,12,14). The number of amides is 2. The lowest BCUT2D eigenvalue weighted by Crippen LogP contribution is -2.47. The highest BCUT2D eigenvalue weighted by molar-refractivity contribution is 6.18. The van der Waals surface area contributed by atoms with Crippen LogP contribution in [-0.2, 0) is 0 Å². The second-order valence-corrected chi connectivity index (χ2v) is 4.76. The summed E-state index contributed by atoms with van der Waals surface area (Å²) < 4.78 is 0. The SMILES string of the molecule is NC(=O)N(CCCl)C(C1CC1)C1CC1. The molecule has 0 aliphatic heterocycles. The predicted octanol–water partition coefficient (Wildman–Crippen LogP) is 1.79. The number of nitrogens with zero attached hydrogens (tertiary/aromatic N) is 1. The number of primary amides is 1. The number of nitrogens with two attached hydrogens (primary N) is 1.